The van der Waals surface area contributed by atoms with Gasteiger partial charge in [0.25, 0.3) is 5.91 Å². The number of nitrogens with one attached hydrogen (secondary N) is 1. The van der Waals surface area contributed by atoms with Crippen LogP contribution in [0.2, 0.25) is 0 Å². The van der Waals surface area contributed by atoms with Gasteiger partial charge in [-0.3, -0.25) is 9.59 Å². The van der Waals surface area contributed by atoms with Crippen LogP contribution in [0.25, 0.3) is 10.4 Å². The summed E-state index contributed by atoms with van der Waals surface area (Å²) in [5, 5.41) is 2.02. The average molecular weight is 442 g/mol. The molecule has 3 N–H and O–H groups in total. The number of carbonyl (C=O) groups excluding carboxylic acids is 2. The van der Waals surface area contributed by atoms with Crippen LogP contribution in [-0.2, 0) is 4.79 Å². The van der Waals surface area contributed by atoms with Gasteiger partial charge >= 0.3 is 12.1 Å². The Morgan fingerprint density at radius 3 is 2.77 bits per heavy atom. The highest BCUT2D eigenvalue weighted by molar-refractivity contribution is 7.19. The zero-order chi connectivity index (χ0) is 21.6. The molecule has 1 aromatic carbocycles. The van der Waals surface area contributed by atoms with Crippen molar-refractivity contribution >= 4 is 28.3 Å². The van der Waals surface area contributed by atoms with Crippen molar-refractivity contribution in [2.75, 3.05) is 12.3 Å². The van der Waals surface area contributed by atoms with E-state index in [1.54, 1.807) is 6.07 Å². The second kappa shape index (κ2) is 7.53. The third-order valence-electron chi connectivity index (χ3n) is 5.64. The maximum Gasteiger partial charge on any atom is 0.471 e. The largest absolute Gasteiger partial charge is 0.471 e. The summed E-state index contributed by atoms with van der Waals surface area (Å²) >= 11 is 1.04. The van der Waals surface area contributed by atoms with Gasteiger partial charge in [-0.15, -0.1) is 0 Å². The van der Waals surface area contributed by atoms with E-state index in [-0.39, 0.29) is 29.3 Å². The Bertz CT molecular complexity index is 993. The van der Waals surface area contributed by atoms with E-state index in [1.165, 1.54) is 23.1 Å². The van der Waals surface area contributed by atoms with Crippen molar-refractivity contribution in [1.29, 1.82) is 0 Å². The minimum Gasteiger partial charge on any atom is -0.375 e. The van der Waals surface area contributed by atoms with E-state index in [0.29, 0.717) is 16.9 Å². The normalized spacial score (nSPS) is 23.1. The number of amides is 2. The number of thiazole rings is 1. The van der Waals surface area contributed by atoms with Gasteiger partial charge in [-0.25, -0.2) is 9.37 Å². The SMILES string of the molecule is Nc1nc(C(=O)N2C3CC[C@@H](C3)[C@H]2CNC(=O)C(F)(F)F)c(-c2cccc(F)c2)s1. The molecule has 3 atom stereocenters. The molecule has 160 valence electrons. The molecular weight excluding hydrogens is 424 g/mol. The lowest BCUT2D eigenvalue weighted by Gasteiger charge is -2.35. The van der Waals surface area contributed by atoms with Gasteiger partial charge in [-0.05, 0) is 42.9 Å². The minimum absolute atomic E-state index is 0.00101. The predicted octanol–water partition coefficient (Wildman–Crippen LogP) is 3.20. The van der Waals surface area contributed by atoms with E-state index in [2.05, 4.69) is 4.98 Å². The van der Waals surface area contributed by atoms with Gasteiger partial charge in [-0.1, -0.05) is 23.5 Å². The van der Waals surface area contributed by atoms with Crippen LogP contribution in [0, 0.1) is 11.7 Å². The van der Waals surface area contributed by atoms with Gasteiger partial charge in [0, 0.05) is 12.6 Å². The molecule has 2 amide bonds. The molecule has 2 bridgehead atoms. The predicted molar refractivity (Wildman–Crippen MR) is 102 cm³/mol. The van der Waals surface area contributed by atoms with Crippen LogP contribution in [0.15, 0.2) is 24.3 Å². The number of alkyl halides is 3. The number of fused-ring (bicyclic) bond motifs is 2. The Balaban J connectivity index is 1.61. The Morgan fingerprint density at radius 1 is 1.30 bits per heavy atom. The highest BCUT2D eigenvalue weighted by atomic mass is 32.1. The van der Waals surface area contributed by atoms with E-state index in [0.717, 1.165) is 24.2 Å². The third-order valence-corrected chi connectivity index (χ3v) is 6.57. The summed E-state index contributed by atoms with van der Waals surface area (Å²) in [6, 6.07) is 4.96. The Morgan fingerprint density at radius 2 is 2.07 bits per heavy atom. The second-order valence-electron chi connectivity index (χ2n) is 7.45. The molecule has 0 spiro atoms. The molecule has 0 radical (unpaired) electrons. The van der Waals surface area contributed by atoms with Crippen LogP contribution in [-0.4, -0.2) is 46.5 Å². The number of aromatic nitrogens is 1. The van der Waals surface area contributed by atoms with E-state index in [1.807, 2.05) is 5.32 Å². The number of anilines is 1. The molecule has 1 aromatic heterocycles. The first-order valence-electron chi connectivity index (χ1n) is 9.35. The van der Waals surface area contributed by atoms with Crippen LogP contribution in [0.1, 0.15) is 29.8 Å². The molecule has 2 aromatic rings. The molecule has 4 rings (SSSR count). The molecule has 2 heterocycles. The summed E-state index contributed by atoms with van der Waals surface area (Å²) in [7, 11) is 0. The molecule has 30 heavy (non-hydrogen) atoms. The number of carbonyl (C=O) groups is 2. The zero-order valence-corrected chi connectivity index (χ0v) is 16.4. The van der Waals surface area contributed by atoms with Crippen molar-refractivity contribution < 1.29 is 27.2 Å². The topological polar surface area (TPSA) is 88.3 Å². The van der Waals surface area contributed by atoms with Gasteiger partial charge < -0.3 is 16.0 Å². The number of likely N-dealkylation sites (tertiary alicyclic amines) is 1. The monoisotopic (exact) mass is 442 g/mol. The fourth-order valence-electron chi connectivity index (χ4n) is 4.40. The van der Waals surface area contributed by atoms with Crippen LogP contribution < -0.4 is 11.1 Å². The standard InChI is InChI=1S/C19H18F4N4O2S/c20-11-3-1-2-10(6-11)15-14(26-18(24)30-15)16(28)27-12-5-4-9(7-12)13(27)8-25-17(29)19(21,22)23/h1-3,6,9,12-13H,4-5,7-8H2,(H2,24,26)(H,25,29)/t9-,12?,13+/m0/s1. The van der Waals surface area contributed by atoms with Crippen molar-refractivity contribution in [3.05, 3.63) is 35.8 Å². The fraction of sp³-hybridized carbons (Fsp3) is 0.421. The summed E-state index contributed by atoms with van der Waals surface area (Å²) < 4.78 is 51.4. The molecule has 1 saturated heterocycles. The quantitative estimate of drug-likeness (QED) is 0.712. The molecule has 6 nitrogen and oxygen atoms in total. The fourth-order valence-corrected chi connectivity index (χ4v) is 5.22. The second-order valence-corrected chi connectivity index (χ2v) is 8.49. The number of nitrogen functional groups attached to an aromatic ring is 1. The van der Waals surface area contributed by atoms with Crippen LogP contribution >= 0.6 is 11.3 Å². The molecule has 1 unspecified atom stereocenters. The number of rotatable bonds is 4. The summed E-state index contributed by atoms with van der Waals surface area (Å²) in [6.07, 6.45) is -2.82. The maximum absolute atomic E-state index is 13.7. The molecule has 1 aliphatic carbocycles. The van der Waals surface area contributed by atoms with Gasteiger partial charge in [0.2, 0.25) is 0 Å². The molecule has 1 aliphatic heterocycles. The lowest BCUT2D eigenvalue weighted by Crippen LogP contribution is -2.52. The van der Waals surface area contributed by atoms with Crippen molar-refractivity contribution in [2.45, 2.75) is 37.5 Å². The number of nitrogens with two attached hydrogens (primary N) is 1. The molecule has 2 fully saturated rings. The first-order valence-corrected chi connectivity index (χ1v) is 10.2. The van der Waals surface area contributed by atoms with Crippen molar-refractivity contribution in [3.8, 4) is 10.4 Å². The summed E-state index contributed by atoms with van der Waals surface area (Å²) in [5.74, 6) is -2.98. The third kappa shape index (κ3) is 3.73. The first-order chi connectivity index (χ1) is 14.1. The lowest BCUT2D eigenvalue weighted by atomic mass is 9.98. The highest BCUT2D eigenvalue weighted by Gasteiger charge is 2.49. The number of hydrogen-bond donors (Lipinski definition) is 2. The van der Waals surface area contributed by atoms with Crippen molar-refractivity contribution in [3.63, 3.8) is 0 Å². The average Bonchev–Trinajstić information content (AvgIpc) is 3.38. The highest BCUT2D eigenvalue weighted by Crippen LogP contribution is 2.44. The summed E-state index contributed by atoms with van der Waals surface area (Å²) in [4.78, 5) is 30.7. The van der Waals surface area contributed by atoms with E-state index in [9.17, 15) is 27.2 Å². The Kier molecular flexibility index (Phi) is 5.16. The van der Waals surface area contributed by atoms with Gasteiger partial charge in [0.05, 0.1) is 10.9 Å². The van der Waals surface area contributed by atoms with E-state index in [4.69, 9.17) is 5.73 Å². The lowest BCUT2D eigenvalue weighted by molar-refractivity contribution is -0.173. The number of nitrogens with zero attached hydrogens (tertiary/aromatic N) is 2. The first kappa shape index (κ1) is 20.6. The van der Waals surface area contributed by atoms with Crippen molar-refractivity contribution in [1.82, 2.24) is 15.2 Å². The van der Waals surface area contributed by atoms with Gasteiger partial charge in [-0.2, -0.15) is 13.2 Å². The molecule has 1 saturated carbocycles. The summed E-state index contributed by atoms with van der Waals surface area (Å²) in [5.41, 5.74) is 6.30. The summed E-state index contributed by atoms with van der Waals surface area (Å²) in [6.45, 7) is -0.292. The zero-order valence-electron chi connectivity index (χ0n) is 15.6. The molecular formula is C19H18F4N4O2S. The van der Waals surface area contributed by atoms with Gasteiger partial charge in [0.1, 0.15) is 11.5 Å². The smallest absolute Gasteiger partial charge is 0.375 e. The van der Waals surface area contributed by atoms with E-state index >= 15 is 0 Å². The van der Waals surface area contributed by atoms with Crippen LogP contribution in [0.5, 0.6) is 0 Å². The van der Waals surface area contributed by atoms with Crippen LogP contribution in [0.4, 0.5) is 22.7 Å². The van der Waals surface area contributed by atoms with Crippen LogP contribution in [0.3, 0.4) is 0 Å². The molecule has 11 heteroatoms. The number of hydrogen-bond acceptors (Lipinski definition) is 5. The Labute approximate surface area is 173 Å². The number of benzene rings is 1. The Hall–Kier alpha value is -2.69. The van der Waals surface area contributed by atoms with Crippen molar-refractivity contribution in [2.24, 2.45) is 5.92 Å². The number of piperidine rings is 1. The maximum atomic E-state index is 13.7. The molecule has 2 aliphatic rings. The minimum atomic E-state index is -4.99. The number of halogens is 4. The van der Waals surface area contributed by atoms with Gasteiger partial charge in [0.15, 0.2) is 5.13 Å². The van der Waals surface area contributed by atoms with E-state index < -0.39 is 29.8 Å².